The Morgan fingerprint density at radius 2 is 1.74 bits per heavy atom. The molecule has 0 bridgehead atoms. The van der Waals surface area contributed by atoms with Gasteiger partial charge in [-0.2, -0.15) is 0 Å². The van der Waals surface area contributed by atoms with Crippen LogP contribution in [0.15, 0.2) is 66.7 Å². The predicted octanol–water partition coefficient (Wildman–Crippen LogP) is 4.17. The summed E-state index contributed by atoms with van der Waals surface area (Å²) in [4.78, 5) is 22.1. The smallest absolute Gasteiger partial charge is 0.374 e. The molecule has 2 aromatic carbocycles. The number of hydrogen-bond acceptors (Lipinski definition) is 4. The van der Waals surface area contributed by atoms with Gasteiger partial charge >= 0.3 is 5.97 Å². The third kappa shape index (κ3) is 4.44. The Morgan fingerprint density at radius 3 is 2.43 bits per heavy atom. The fraction of sp³-hybridized carbons (Fsp3) is 0.211. The molecule has 0 N–H and O–H groups in total. The lowest BCUT2D eigenvalue weighted by Crippen LogP contribution is -2.21. The van der Waals surface area contributed by atoms with Crippen LogP contribution in [0.3, 0.4) is 0 Å². The minimum Gasteiger partial charge on any atom is -0.374 e. The Labute approximate surface area is 136 Å². The van der Waals surface area contributed by atoms with Gasteiger partial charge in [0.15, 0.2) is 5.75 Å². The van der Waals surface area contributed by atoms with Crippen molar-refractivity contribution in [2.75, 3.05) is 6.61 Å². The highest BCUT2D eigenvalue weighted by Gasteiger charge is 2.18. The molecule has 0 aliphatic carbocycles. The van der Waals surface area contributed by atoms with Gasteiger partial charge in [0.05, 0.1) is 11.7 Å². The average Bonchev–Trinajstić information content (AvgIpc) is 2.60. The van der Waals surface area contributed by atoms with Crippen LogP contribution in [0.25, 0.3) is 11.1 Å². The van der Waals surface area contributed by atoms with Crippen LogP contribution < -0.4 is 4.89 Å². The van der Waals surface area contributed by atoms with Gasteiger partial charge in [-0.3, -0.25) is 4.89 Å². The Balaban J connectivity index is 2.07. The van der Waals surface area contributed by atoms with Crippen molar-refractivity contribution in [3.63, 3.8) is 0 Å². The van der Waals surface area contributed by atoms with Crippen LogP contribution in [-0.2, 0) is 14.4 Å². The number of carbonyl (C=O) groups is 1. The SMILES string of the molecule is C=C(C(=O)OOc1ccccc1-c1ccccc1)C(C)OCC. The van der Waals surface area contributed by atoms with Crippen molar-refractivity contribution < 1.29 is 19.3 Å². The van der Waals surface area contributed by atoms with Gasteiger partial charge in [0.25, 0.3) is 0 Å². The van der Waals surface area contributed by atoms with E-state index in [0.717, 1.165) is 11.1 Å². The molecule has 0 radical (unpaired) electrons. The van der Waals surface area contributed by atoms with E-state index in [1.165, 1.54) is 0 Å². The van der Waals surface area contributed by atoms with E-state index in [1.807, 2.05) is 55.5 Å². The van der Waals surface area contributed by atoms with Gasteiger partial charge < -0.3 is 4.74 Å². The molecular weight excluding hydrogens is 292 g/mol. The van der Waals surface area contributed by atoms with Crippen molar-refractivity contribution in [1.82, 2.24) is 0 Å². The number of hydrogen-bond donors (Lipinski definition) is 0. The first-order chi connectivity index (χ1) is 11.1. The number of benzene rings is 2. The van der Waals surface area contributed by atoms with Crippen molar-refractivity contribution in [1.29, 1.82) is 0 Å². The fourth-order valence-electron chi connectivity index (χ4n) is 2.05. The monoisotopic (exact) mass is 312 g/mol. The molecule has 23 heavy (non-hydrogen) atoms. The maximum atomic E-state index is 12.0. The molecule has 0 aliphatic heterocycles. The summed E-state index contributed by atoms with van der Waals surface area (Å²) < 4.78 is 5.31. The molecule has 0 aromatic heterocycles. The molecule has 1 unspecified atom stereocenters. The van der Waals surface area contributed by atoms with Gasteiger partial charge in [-0.25, -0.2) is 9.68 Å². The molecule has 4 nitrogen and oxygen atoms in total. The molecule has 0 saturated carbocycles. The summed E-state index contributed by atoms with van der Waals surface area (Å²) in [6.45, 7) is 7.77. The van der Waals surface area contributed by atoms with E-state index in [2.05, 4.69) is 6.58 Å². The minimum absolute atomic E-state index is 0.212. The molecule has 1 atom stereocenters. The Hall–Kier alpha value is -2.59. The highest BCUT2D eigenvalue weighted by Crippen LogP contribution is 2.29. The third-order valence-electron chi connectivity index (χ3n) is 3.35. The van der Waals surface area contributed by atoms with Gasteiger partial charge in [-0.05, 0) is 25.5 Å². The molecule has 0 fully saturated rings. The van der Waals surface area contributed by atoms with E-state index in [9.17, 15) is 4.79 Å². The zero-order chi connectivity index (χ0) is 16.7. The summed E-state index contributed by atoms with van der Waals surface area (Å²) >= 11 is 0. The summed E-state index contributed by atoms with van der Waals surface area (Å²) in [6, 6.07) is 17.1. The second kappa shape index (κ2) is 8.15. The molecular formula is C19H20O4. The first-order valence-electron chi connectivity index (χ1n) is 7.47. The van der Waals surface area contributed by atoms with E-state index >= 15 is 0 Å². The Bertz CT molecular complexity index is 664. The quantitative estimate of drug-likeness (QED) is 0.437. The van der Waals surface area contributed by atoms with Crippen LogP contribution in [0.1, 0.15) is 13.8 Å². The van der Waals surface area contributed by atoms with Crippen LogP contribution in [0.5, 0.6) is 5.75 Å². The predicted molar refractivity (Wildman–Crippen MR) is 88.8 cm³/mol. The highest BCUT2D eigenvalue weighted by atomic mass is 17.2. The van der Waals surface area contributed by atoms with E-state index in [4.69, 9.17) is 14.5 Å². The molecule has 2 rings (SSSR count). The first-order valence-corrected chi connectivity index (χ1v) is 7.47. The van der Waals surface area contributed by atoms with Crippen LogP contribution in [0, 0.1) is 0 Å². The zero-order valence-corrected chi connectivity index (χ0v) is 13.3. The summed E-state index contributed by atoms with van der Waals surface area (Å²) in [5, 5.41) is 0. The summed E-state index contributed by atoms with van der Waals surface area (Å²) in [5.41, 5.74) is 2.02. The van der Waals surface area contributed by atoms with Crippen molar-refractivity contribution in [3.8, 4) is 16.9 Å². The van der Waals surface area contributed by atoms with Gasteiger partial charge in [0, 0.05) is 12.2 Å². The molecule has 0 saturated heterocycles. The highest BCUT2D eigenvalue weighted by molar-refractivity contribution is 5.88. The maximum Gasteiger partial charge on any atom is 0.384 e. The Kier molecular flexibility index (Phi) is 5.94. The average molecular weight is 312 g/mol. The number of para-hydroxylation sites is 1. The van der Waals surface area contributed by atoms with E-state index < -0.39 is 12.1 Å². The maximum absolute atomic E-state index is 12.0. The fourth-order valence-corrected chi connectivity index (χ4v) is 2.05. The number of carbonyl (C=O) groups excluding carboxylic acids is 1. The van der Waals surface area contributed by atoms with Crippen molar-refractivity contribution >= 4 is 5.97 Å². The molecule has 4 heteroatoms. The van der Waals surface area contributed by atoms with Crippen molar-refractivity contribution in [2.24, 2.45) is 0 Å². The lowest BCUT2D eigenvalue weighted by atomic mass is 10.1. The summed E-state index contributed by atoms with van der Waals surface area (Å²) in [5.74, 6) is -0.183. The molecule has 0 heterocycles. The lowest BCUT2D eigenvalue weighted by Gasteiger charge is -2.14. The largest absolute Gasteiger partial charge is 0.384 e. The third-order valence-corrected chi connectivity index (χ3v) is 3.35. The first kappa shape index (κ1) is 16.8. The molecule has 2 aromatic rings. The molecule has 0 spiro atoms. The number of rotatable bonds is 7. The van der Waals surface area contributed by atoms with Gasteiger partial charge in [-0.15, -0.1) is 0 Å². The van der Waals surface area contributed by atoms with Gasteiger partial charge in [0.1, 0.15) is 0 Å². The van der Waals surface area contributed by atoms with Gasteiger partial charge in [0.2, 0.25) is 0 Å². The Morgan fingerprint density at radius 1 is 1.09 bits per heavy atom. The van der Waals surface area contributed by atoms with E-state index in [0.29, 0.717) is 12.4 Å². The van der Waals surface area contributed by atoms with Gasteiger partial charge in [-0.1, -0.05) is 55.1 Å². The summed E-state index contributed by atoms with van der Waals surface area (Å²) in [7, 11) is 0. The second-order valence-electron chi connectivity index (χ2n) is 4.94. The van der Waals surface area contributed by atoms with Crippen LogP contribution in [0.2, 0.25) is 0 Å². The number of ether oxygens (including phenoxy) is 1. The normalized spacial score (nSPS) is 11.6. The zero-order valence-electron chi connectivity index (χ0n) is 13.3. The van der Waals surface area contributed by atoms with Crippen LogP contribution >= 0.6 is 0 Å². The van der Waals surface area contributed by atoms with E-state index in [1.54, 1.807) is 13.0 Å². The van der Waals surface area contributed by atoms with Crippen LogP contribution in [0.4, 0.5) is 0 Å². The lowest BCUT2D eigenvalue weighted by molar-refractivity contribution is -0.209. The van der Waals surface area contributed by atoms with E-state index in [-0.39, 0.29) is 5.57 Å². The molecule has 0 amide bonds. The molecule has 0 aliphatic rings. The van der Waals surface area contributed by atoms with Crippen molar-refractivity contribution in [3.05, 3.63) is 66.7 Å². The summed E-state index contributed by atoms with van der Waals surface area (Å²) in [6.07, 6.45) is -0.416. The topological polar surface area (TPSA) is 44.8 Å². The van der Waals surface area contributed by atoms with Crippen LogP contribution in [-0.4, -0.2) is 18.7 Å². The standard InChI is InChI=1S/C19H20O4/c1-4-21-15(3)14(2)19(20)23-22-18-13-9-8-12-17(18)16-10-6-5-7-11-16/h5-13,15H,2,4H2,1,3H3. The molecule has 120 valence electrons. The minimum atomic E-state index is -0.645. The van der Waals surface area contributed by atoms with Crippen molar-refractivity contribution in [2.45, 2.75) is 20.0 Å². The second-order valence-corrected chi connectivity index (χ2v) is 4.94.